The zero-order valence-corrected chi connectivity index (χ0v) is 11.3. The van der Waals surface area contributed by atoms with Crippen LogP contribution in [0, 0.1) is 11.3 Å². The van der Waals surface area contributed by atoms with Gasteiger partial charge in [-0.15, -0.1) is 0 Å². The summed E-state index contributed by atoms with van der Waals surface area (Å²) in [5, 5.41) is 11.2. The number of likely N-dealkylation sites (N-methyl/N-ethyl adjacent to an activating group) is 1. The third-order valence-electron chi connectivity index (χ3n) is 5.11. The van der Waals surface area contributed by atoms with Gasteiger partial charge in [0.25, 0.3) is 0 Å². The Morgan fingerprint density at radius 1 is 1.18 bits per heavy atom. The molecule has 4 rings (SSSR count). The van der Waals surface area contributed by atoms with Crippen molar-refractivity contribution in [2.45, 2.75) is 12.5 Å². The second-order valence-corrected chi connectivity index (χ2v) is 6.89. The molecular weight excluding hydrogens is 214 g/mol. The lowest BCUT2D eigenvalue weighted by atomic mass is 9.61. The van der Waals surface area contributed by atoms with Gasteiger partial charge in [0.1, 0.15) is 0 Å². The molecule has 4 aliphatic rings. The number of rotatable bonds is 2. The fraction of sp³-hybridized carbons (Fsp3) is 1.00. The van der Waals surface area contributed by atoms with Crippen molar-refractivity contribution in [2.24, 2.45) is 11.3 Å². The molecule has 3 unspecified atom stereocenters. The van der Waals surface area contributed by atoms with Crippen LogP contribution >= 0.6 is 0 Å². The average Bonchev–Trinajstić information content (AvgIpc) is 2.42. The molecule has 1 N–H and O–H groups in total. The fourth-order valence-corrected chi connectivity index (χ4v) is 4.34. The number of hydrogen-bond donors (Lipinski definition) is 1. The Kier molecular flexibility index (Phi) is 2.57. The zero-order valence-electron chi connectivity index (χ0n) is 11.3. The van der Waals surface area contributed by atoms with Crippen molar-refractivity contribution in [1.29, 1.82) is 0 Å². The highest BCUT2D eigenvalue weighted by Crippen LogP contribution is 2.48. The Morgan fingerprint density at radius 2 is 1.71 bits per heavy atom. The van der Waals surface area contributed by atoms with Crippen LogP contribution in [0.3, 0.4) is 0 Å². The summed E-state index contributed by atoms with van der Waals surface area (Å²) in [5.74, 6) is 0.417. The highest BCUT2D eigenvalue weighted by atomic mass is 16.3. The number of aliphatic hydroxyl groups is 1. The quantitative estimate of drug-likeness (QED) is 0.707. The van der Waals surface area contributed by atoms with E-state index in [-0.39, 0.29) is 5.41 Å². The molecule has 0 aromatic rings. The van der Waals surface area contributed by atoms with Crippen LogP contribution in [0.5, 0.6) is 0 Å². The van der Waals surface area contributed by atoms with Crippen LogP contribution in [0.2, 0.25) is 0 Å². The summed E-state index contributed by atoms with van der Waals surface area (Å²) in [7, 11) is 4.14. The van der Waals surface area contributed by atoms with E-state index in [1.807, 2.05) is 0 Å². The molecule has 0 radical (unpaired) electrons. The van der Waals surface area contributed by atoms with Gasteiger partial charge in [0, 0.05) is 57.1 Å². The topological polar surface area (TPSA) is 30.0 Å². The van der Waals surface area contributed by atoms with Crippen LogP contribution in [0.25, 0.3) is 0 Å². The van der Waals surface area contributed by atoms with Gasteiger partial charge in [-0.3, -0.25) is 0 Å². The van der Waals surface area contributed by atoms with Crippen molar-refractivity contribution in [2.75, 3.05) is 59.9 Å². The zero-order chi connectivity index (χ0) is 12.3. The summed E-state index contributed by atoms with van der Waals surface area (Å²) >= 11 is 0. The van der Waals surface area contributed by atoms with Crippen molar-refractivity contribution in [1.82, 2.24) is 14.7 Å². The Labute approximate surface area is 104 Å². The maximum Gasteiger partial charge on any atom is 0.0903 e. The lowest BCUT2D eigenvalue weighted by Gasteiger charge is -2.60. The van der Waals surface area contributed by atoms with Gasteiger partial charge in [0.2, 0.25) is 0 Å². The van der Waals surface area contributed by atoms with Gasteiger partial charge < -0.3 is 19.8 Å². The van der Waals surface area contributed by atoms with Gasteiger partial charge in [-0.05, 0) is 14.1 Å². The van der Waals surface area contributed by atoms with Gasteiger partial charge in [0.05, 0.1) is 5.60 Å². The van der Waals surface area contributed by atoms with Gasteiger partial charge in [-0.2, -0.15) is 0 Å². The third-order valence-corrected chi connectivity index (χ3v) is 5.11. The minimum Gasteiger partial charge on any atom is -0.387 e. The summed E-state index contributed by atoms with van der Waals surface area (Å²) in [5.41, 5.74) is -0.469. The molecule has 98 valence electrons. The summed E-state index contributed by atoms with van der Waals surface area (Å²) in [4.78, 5) is 7.26. The van der Waals surface area contributed by atoms with E-state index < -0.39 is 5.60 Å². The van der Waals surface area contributed by atoms with Gasteiger partial charge in [0.15, 0.2) is 0 Å². The standard InChI is InChI=1S/C13H25N3O/c1-12-8-15-4-5-16(9-12)7-11(6-15)13(12,17)10-14(2)3/h11,17H,4-10H2,1-3H3. The smallest absolute Gasteiger partial charge is 0.0903 e. The second kappa shape index (κ2) is 3.67. The van der Waals surface area contributed by atoms with Crippen molar-refractivity contribution >= 4 is 0 Å². The van der Waals surface area contributed by atoms with Crippen molar-refractivity contribution in [3.05, 3.63) is 0 Å². The highest BCUT2D eigenvalue weighted by Gasteiger charge is 2.60. The van der Waals surface area contributed by atoms with Crippen molar-refractivity contribution < 1.29 is 5.11 Å². The average molecular weight is 239 g/mol. The minimum atomic E-state index is -0.506. The first kappa shape index (κ1) is 11.9. The van der Waals surface area contributed by atoms with E-state index in [9.17, 15) is 5.11 Å². The molecule has 0 spiro atoms. The van der Waals surface area contributed by atoms with Crippen LogP contribution in [0.15, 0.2) is 0 Å². The second-order valence-electron chi connectivity index (χ2n) is 6.89. The molecule has 0 amide bonds. The molecule has 0 aliphatic carbocycles. The van der Waals surface area contributed by atoms with Gasteiger partial charge in [-0.1, -0.05) is 6.92 Å². The van der Waals surface area contributed by atoms with Crippen molar-refractivity contribution in [3.63, 3.8) is 0 Å². The summed E-state index contributed by atoms with van der Waals surface area (Å²) < 4.78 is 0. The summed E-state index contributed by atoms with van der Waals surface area (Å²) in [6, 6.07) is 0. The van der Waals surface area contributed by atoms with Crippen LogP contribution < -0.4 is 0 Å². The highest BCUT2D eigenvalue weighted by molar-refractivity contribution is 5.13. The molecule has 3 atom stereocenters. The van der Waals surface area contributed by atoms with E-state index in [2.05, 4.69) is 35.7 Å². The molecule has 4 saturated heterocycles. The largest absolute Gasteiger partial charge is 0.387 e. The minimum absolute atomic E-state index is 0.0366. The van der Waals surface area contributed by atoms with E-state index in [1.165, 1.54) is 13.1 Å². The predicted octanol–water partition coefficient (Wildman–Crippen LogP) is -0.454. The molecule has 17 heavy (non-hydrogen) atoms. The lowest BCUT2D eigenvalue weighted by molar-refractivity contribution is -0.197. The molecule has 4 fully saturated rings. The Bertz CT molecular complexity index is 304. The van der Waals surface area contributed by atoms with E-state index >= 15 is 0 Å². The Balaban J connectivity index is 1.95. The molecule has 0 aromatic heterocycles. The molecule has 0 aromatic carbocycles. The molecular formula is C13H25N3O. The van der Waals surface area contributed by atoms with E-state index in [0.717, 1.165) is 32.7 Å². The van der Waals surface area contributed by atoms with E-state index in [4.69, 9.17) is 0 Å². The van der Waals surface area contributed by atoms with Crippen molar-refractivity contribution in [3.8, 4) is 0 Å². The van der Waals surface area contributed by atoms with Crippen LogP contribution in [-0.2, 0) is 0 Å². The number of hydrogen-bond acceptors (Lipinski definition) is 4. The maximum atomic E-state index is 11.2. The maximum absolute atomic E-state index is 11.2. The third kappa shape index (κ3) is 1.65. The fourth-order valence-electron chi connectivity index (χ4n) is 4.34. The number of nitrogens with zero attached hydrogens (tertiary/aromatic N) is 3. The first-order chi connectivity index (χ1) is 7.93. The van der Waals surface area contributed by atoms with Gasteiger partial charge >= 0.3 is 0 Å². The predicted molar refractivity (Wildman–Crippen MR) is 68.0 cm³/mol. The van der Waals surface area contributed by atoms with E-state index in [1.54, 1.807) is 0 Å². The summed E-state index contributed by atoms with van der Waals surface area (Å²) in [6.07, 6.45) is 0. The lowest BCUT2D eigenvalue weighted by Crippen LogP contribution is -2.72. The SMILES string of the molecule is CN(C)CC1(O)C2CN3CCN(C2)CC1(C)C3. The number of piperidine rings is 2. The van der Waals surface area contributed by atoms with Crippen LogP contribution in [0.4, 0.5) is 0 Å². The van der Waals surface area contributed by atoms with Crippen LogP contribution in [-0.4, -0.2) is 85.3 Å². The first-order valence-corrected chi connectivity index (χ1v) is 6.75. The number of fused-ring (bicyclic) bond motifs is 1. The molecule has 4 heterocycles. The molecule has 4 heteroatoms. The van der Waals surface area contributed by atoms with Crippen LogP contribution in [0.1, 0.15) is 6.92 Å². The molecule has 4 bridgehead atoms. The Morgan fingerprint density at radius 3 is 2.12 bits per heavy atom. The van der Waals surface area contributed by atoms with Gasteiger partial charge in [-0.25, -0.2) is 0 Å². The molecule has 4 aliphatic heterocycles. The monoisotopic (exact) mass is 239 g/mol. The summed E-state index contributed by atoms with van der Waals surface area (Å²) in [6.45, 7) is 9.73. The molecule has 0 saturated carbocycles. The molecule has 4 nitrogen and oxygen atoms in total. The first-order valence-electron chi connectivity index (χ1n) is 6.75. The Hall–Kier alpha value is -0.160. The normalized spacial score (nSPS) is 53.1. The van der Waals surface area contributed by atoms with E-state index in [0.29, 0.717) is 5.92 Å².